The van der Waals surface area contributed by atoms with Crippen LogP contribution < -0.4 is 0 Å². The van der Waals surface area contributed by atoms with Crippen LogP contribution in [-0.4, -0.2) is 0 Å². The summed E-state index contributed by atoms with van der Waals surface area (Å²) < 4.78 is 45.0. The quantitative estimate of drug-likeness (QED) is 0.162. The van der Waals surface area contributed by atoms with Crippen molar-refractivity contribution in [3.8, 4) is 66.8 Å². The summed E-state index contributed by atoms with van der Waals surface area (Å²) in [5.41, 5.74) is 17.8. The molecule has 3 heteroatoms. The number of alkyl halides is 3. The van der Waals surface area contributed by atoms with Crippen LogP contribution in [0.25, 0.3) is 66.8 Å². The second kappa shape index (κ2) is 14.0. The van der Waals surface area contributed by atoms with Crippen molar-refractivity contribution < 1.29 is 13.2 Å². The molecule has 0 saturated carbocycles. The van der Waals surface area contributed by atoms with Crippen LogP contribution in [0.3, 0.4) is 0 Å². The van der Waals surface area contributed by atoms with E-state index in [9.17, 15) is 13.2 Å². The molecule has 0 nitrogen and oxygen atoms in total. The lowest BCUT2D eigenvalue weighted by Gasteiger charge is -2.26. The summed E-state index contributed by atoms with van der Waals surface area (Å²) in [6, 6.07) is 43.5. The predicted octanol–water partition coefficient (Wildman–Crippen LogP) is 14.9. The lowest BCUT2D eigenvalue weighted by atomic mass is 9.78. The third-order valence-electron chi connectivity index (χ3n) is 10.7. The first-order valence-corrected chi connectivity index (χ1v) is 18.1. The summed E-state index contributed by atoms with van der Waals surface area (Å²) >= 11 is 0. The minimum atomic E-state index is -4.55. The van der Waals surface area contributed by atoms with Gasteiger partial charge < -0.3 is 0 Å². The zero-order valence-corrected chi connectivity index (χ0v) is 31.3. The van der Waals surface area contributed by atoms with Crippen LogP contribution in [0, 0.1) is 48.5 Å². The molecular formula is C50H43F3. The van der Waals surface area contributed by atoms with Gasteiger partial charge in [0.05, 0.1) is 5.56 Å². The fourth-order valence-electron chi connectivity index (χ4n) is 8.60. The van der Waals surface area contributed by atoms with Gasteiger partial charge in [0.15, 0.2) is 0 Å². The van der Waals surface area contributed by atoms with Crippen LogP contribution in [0.1, 0.15) is 44.5 Å². The molecule has 0 amide bonds. The number of hydrogen-bond acceptors (Lipinski definition) is 0. The molecule has 0 radical (unpaired) electrons. The van der Waals surface area contributed by atoms with Crippen molar-refractivity contribution in [2.75, 3.05) is 0 Å². The summed E-state index contributed by atoms with van der Waals surface area (Å²) in [5, 5.41) is 0. The lowest BCUT2D eigenvalue weighted by Crippen LogP contribution is -2.08. The van der Waals surface area contributed by atoms with Crippen LogP contribution in [0.4, 0.5) is 13.2 Å². The number of halogens is 3. The Hall–Kier alpha value is -5.67. The Labute approximate surface area is 311 Å². The molecule has 7 aromatic carbocycles. The smallest absolute Gasteiger partial charge is 0.166 e. The molecule has 0 aromatic heterocycles. The largest absolute Gasteiger partial charge is 0.417 e. The molecule has 7 aromatic rings. The third-order valence-corrected chi connectivity index (χ3v) is 10.7. The van der Waals surface area contributed by atoms with Crippen molar-refractivity contribution in [2.24, 2.45) is 0 Å². The monoisotopic (exact) mass is 700 g/mol. The fraction of sp³-hybridized carbons (Fsp3) is 0.160. The van der Waals surface area contributed by atoms with E-state index in [2.05, 4.69) is 103 Å². The van der Waals surface area contributed by atoms with Crippen LogP contribution >= 0.6 is 0 Å². The number of rotatable bonds is 6. The first-order valence-electron chi connectivity index (χ1n) is 18.1. The molecule has 0 fully saturated rings. The molecule has 0 atom stereocenters. The van der Waals surface area contributed by atoms with E-state index in [0.29, 0.717) is 5.56 Å². The maximum atomic E-state index is 15.0. The van der Waals surface area contributed by atoms with Gasteiger partial charge in [-0.05, 0) is 172 Å². The molecule has 0 unspecified atom stereocenters. The van der Waals surface area contributed by atoms with Gasteiger partial charge in [-0.1, -0.05) is 115 Å². The van der Waals surface area contributed by atoms with E-state index in [-0.39, 0.29) is 5.56 Å². The molecule has 0 saturated heterocycles. The molecule has 0 aliphatic carbocycles. The third kappa shape index (κ3) is 6.50. The average Bonchev–Trinajstić information content (AvgIpc) is 3.12. The maximum Gasteiger partial charge on any atom is 0.417 e. The van der Waals surface area contributed by atoms with E-state index in [1.165, 1.54) is 12.1 Å². The Balaban J connectivity index is 1.68. The van der Waals surface area contributed by atoms with Crippen molar-refractivity contribution in [3.63, 3.8) is 0 Å². The summed E-state index contributed by atoms with van der Waals surface area (Å²) in [5.74, 6) is 0. The zero-order valence-electron chi connectivity index (χ0n) is 31.3. The van der Waals surface area contributed by atoms with Crippen molar-refractivity contribution >= 4 is 0 Å². The fourth-order valence-corrected chi connectivity index (χ4v) is 8.60. The van der Waals surface area contributed by atoms with Gasteiger partial charge in [0.25, 0.3) is 0 Å². The van der Waals surface area contributed by atoms with Crippen molar-refractivity contribution in [1.82, 2.24) is 0 Å². The minimum absolute atomic E-state index is 0.166. The summed E-state index contributed by atoms with van der Waals surface area (Å²) in [7, 11) is 0. The molecule has 0 bridgehead atoms. The van der Waals surface area contributed by atoms with Gasteiger partial charge in [-0.3, -0.25) is 0 Å². The second-order valence-electron chi connectivity index (χ2n) is 14.3. The van der Waals surface area contributed by atoms with Crippen LogP contribution in [0.5, 0.6) is 0 Å². The molecule has 0 aliphatic rings. The molecule has 0 heterocycles. The topological polar surface area (TPSA) is 0 Å². The predicted molar refractivity (Wildman–Crippen MR) is 217 cm³/mol. The Kier molecular flexibility index (Phi) is 9.47. The van der Waals surface area contributed by atoms with E-state index in [4.69, 9.17) is 0 Å². The Morgan fingerprint density at radius 1 is 0.321 bits per heavy atom. The minimum Gasteiger partial charge on any atom is -0.166 e. The normalized spacial score (nSPS) is 11.6. The highest BCUT2D eigenvalue weighted by molar-refractivity contribution is 6.00. The van der Waals surface area contributed by atoms with Crippen LogP contribution in [0.2, 0.25) is 0 Å². The standard InChI is InChI=1S/C50H43F3/c1-30-18-14-15-23-39(30)41-28-44(49-34(5)27-32(3)47(36(49)7)38-21-12-9-13-22-38)42(40-24-16-17-25-45(40)50(51,52)53)29-43(41)48-33(4)26-31(2)46(35(48)6)37-19-10-8-11-20-37/h8-29H,1-7H3. The molecule has 53 heavy (non-hydrogen) atoms. The van der Waals surface area contributed by atoms with Crippen molar-refractivity contribution in [2.45, 2.75) is 54.6 Å². The highest BCUT2D eigenvalue weighted by Crippen LogP contribution is 2.50. The van der Waals surface area contributed by atoms with Gasteiger partial charge in [0.1, 0.15) is 0 Å². The van der Waals surface area contributed by atoms with E-state index >= 15 is 0 Å². The Morgan fingerprint density at radius 3 is 1.15 bits per heavy atom. The van der Waals surface area contributed by atoms with Gasteiger partial charge in [-0.2, -0.15) is 13.2 Å². The Bertz CT molecular complexity index is 2490. The van der Waals surface area contributed by atoms with Gasteiger partial charge in [0.2, 0.25) is 0 Å². The van der Waals surface area contributed by atoms with E-state index < -0.39 is 11.7 Å². The van der Waals surface area contributed by atoms with E-state index in [0.717, 1.165) is 94.6 Å². The Morgan fingerprint density at radius 2 is 0.698 bits per heavy atom. The van der Waals surface area contributed by atoms with Crippen LogP contribution in [0.15, 0.2) is 133 Å². The van der Waals surface area contributed by atoms with E-state index in [1.54, 1.807) is 12.1 Å². The second-order valence-corrected chi connectivity index (χ2v) is 14.3. The molecule has 0 spiro atoms. The van der Waals surface area contributed by atoms with Crippen molar-refractivity contribution in [3.05, 3.63) is 178 Å². The van der Waals surface area contributed by atoms with Gasteiger partial charge >= 0.3 is 6.18 Å². The van der Waals surface area contributed by atoms with Crippen LogP contribution in [-0.2, 0) is 6.18 Å². The SMILES string of the molecule is Cc1ccccc1-c1cc(-c2c(C)cc(C)c(-c3ccccc3)c2C)c(-c2ccccc2C(F)(F)F)cc1-c1c(C)cc(C)c(-c2ccccc2)c1C. The van der Waals surface area contributed by atoms with Gasteiger partial charge in [0, 0.05) is 0 Å². The lowest BCUT2D eigenvalue weighted by molar-refractivity contribution is -0.137. The molecule has 7 rings (SSSR count). The first kappa shape index (κ1) is 35.7. The summed E-state index contributed by atoms with van der Waals surface area (Å²) in [4.78, 5) is 0. The number of aryl methyl sites for hydroxylation is 5. The van der Waals surface area contributed by atoms with Gasteiger partial charge in [-0.15, -0.1) is 0 Å². The number of hydrogen-bond donors (Lipinski definition) is 0. The van der Waals surface area contributed by atoms with E-state index in [1.807, 2.05) is 54.6 Å². The zero-order chi connectivity index (χ0) is 37.6. The molecule has 0 aliphatic heterocycles. The van der Waals surface area contributed by atoms with Gasteiger partial charge in [-0.25, -0.2) is 0 Å². The number of benzene rings is 7. The molecule has 0 N–H and O–H groups in total. The molecular weight excluding hydrogens is 658 g/mol. The van der Waals surface area contributed by atoms with Crippen molar-refractivity contribution in [1.29, 1.82) is 0 Å². The molecule has 264 valence electrons. The highest BCUT2D eigenvalue weighted by atomic mass is 19.4. The average molecular weight is 701 g/mol. The summed E-state index contributed by atoms with van der Waals surface area (Å²) in [6.07, 6.45) is -4.55. The maximum absolute atomic E-state index is 15.0. The summed E-state index contributed by atoms with van der Waals surface area (Å²) in [6.45, 7) is 14.8. The first-order chi connectivity index (χ1) is 25.4. The highest BCUT2D eigenvalue weighted by Gasteiger charge is 2.35.